The highest BCUT2D eigenvalue weighted by atomic mass is 32.2. The van der Waals surface area contributed by atoms with Crippen LogP contribution in [0.1, 0.15) is 12.6 Å². The van der Waals surface area contributed by atoms with E-state index in [2.05, 4.69) is 30.8 Å². The first-order valence-corrected chi connectivity index (χ1v) is 9.08. The van der Waals surface area contributed by atoms with Gasteiger partial charge in [-0.1, -0.05) is 0 Å². The van der Waals surface area contributed by atoms with Crippen molar-refractivity contribution in [2.45, 2.75) is 23.9 Å². The van der Waals surface area contributed by atoms with Crippen molar-refractivity contribution in [2.75, 3.05) is 10.6 Å². The van der Waals surface area contributed by atoms with E-state index in [9.17, 15) is 13.2 Å². The molecule has 1 amide bonds. The number of aromatic amines is 1. The number of benzene rings is 1. The Kier molecular flexibility index (Phi) is 4.67. The van der Waals surface area contributed by atoms with Crippen LogP contribution in [0.2, 0.25) is 0 Å². The summed E-state index contributed by atoms with van der Waals surface area (Å²) in [6, 6.07) is 9.09. The molecule has 0 atom stereocenters. The SMILES string of the molecule is CC(=O)Nc1ccc(S(=O)(=O)c2nccc(Nc3cc(C)[nH]n3)n2)cc1. The molecule has 0 bridgehead atoms. The van der Waals surface area contributed by atoms with Gasteiger partial charge in [0.05, 0.1) is 4.90 Å². The van der Waals surface area contributed by atoms with Crippen molar-refractivity contribution in [1.29, 1.82) is 0 Å². The monoisotopic (exact) mass is 372 g/mol. The zero-order valence-electron chi connectivity index (χ0n) is 14.0. The Morgan fingerprint density at radius 2 is 1.85 bits per heavy atom. The van der Waals surface area contributed by atoms with E-state index >= 15 is 0 Å². The number of hydrogen-bond donors (Lipinski definition) is 3. The van der Waals surface area contributed by atoms with Gasteiger partial charge in [0.2, 0.25) is 15.7 Å². The van der Waals surface area contributed by atoms with Gasteiger partial charge in [0.1, 0.15) is 5.82 Å². The molecule has 26 heavy (non-hydrogen) atoms. The van der Waals surface area contributed by atoms with E-state index < -0.39 is 9.84 Å². The van der Waals surface area contributed by atoms with Crippen LogP contribution < -0.4 is 10.6 Å². The number of hydrogen-bond acceptors (Lipinski definition) is 7. The van der Waals surface area contributed by atoms with Crippen LogP contribution in [-0.4, -0.2) is 34.5 Å². The van der Waals surface area contributed by atoms with E-state index in [0.717, 1.165) is 5.69 Å². The average Bonchev–Trinajstić information content (AvgIpc) is 3.00. The number of nitrogens with zero attached hydrogens (tertiary/aromatic N) is 3. The summed E-state index contributed by atoms with van der Waals surface area (Å²) in [6.07, 6.45) is 1.35. The van der Waals surface area contributed by atoms with Gasteiger partial charge in [0.15, 0.2) is 5.82 Å². The highest BCUT2D eigenvalue weighted by molar-refractivity contribution is 7.91. The smallest absolute Gasteiger partial charge is 0.253 e. The standard InChI is InChI=1S/C16H16N6O3S/c1-10-9-15(22-21-10)19-14-7-8-17-16(20-14)26(24,25)13-5-3-12(4-6-13)18-11(2)23/h3-9H,1-2H3,(H,18,23)(H2,17,19,20,21,22). The van der Waals surface area contributed by atoms with Crippen LogP contribution in [0.5, 0.6) is 0 Å². The molecule has 134 valence electrons. The van der Waals surface area contributed by atoms with Gasteiger partial charge in [0.25, 0.3) is 5.16 Å². The lowest BCUT2D eigenvalue weighted by Crippen LogP contribution is -2.09. The van der Waals surface area contributed by atoms with Crippen LogP contribution in [0.15, 0.2) is 52.6 Å². The number of aromatic nitrogens is 4. The topological polar surface area (TPSA) is 130 Å². The molecule has 0 spiro atoms. The minimum absolute atomic E-state index is 0.0272. The van der Waals surface area contributed by atoms with Crippen LogP contribution in [0.25, 0.3) is 0 Å². The summed E-state index contributed by atoms with van der Waals surface area (Å²) in [6.45, 7) is 3.22. The van der Waals surface area contributed by atoms with Gasteiger partial charge in [-0.15, -0.1) is 0 Å². The second kappa shape index (κ2) is 6.92. The number of rotatable bonds is 5. The summed E-state index contributed by atoms with van der Waals surface area (Å²) >= 11 is 0. The molecule has 3 aromatic rings. The van der Waals surface area contributed by atoms with Gasteiger partial charge in [-0.2, -0.15) is 5.10 Å². The Hall–Kier alpha value is -3.27. The Labute approximate surface area is 149 Å². The maximum Gasteiger partial charge on any atom is 0.253 e. The molecule has 0 saturated carbocycles. The minimum atomic E-state index is -3.90. The van der Waals surface area contributed by atoms with Crippen LogP contribution in [-0.2, 0) is 14.6 Å². The van der Waals surface area contributed by atoms with Gasteiger partial charge in [-0.25, -0.2) is 18.4 Å². The fourth-order valence-electron chi connectivity index (χ4n) is 2.18. The van der Waals surface area contributed by atoms with Crippen molar-refractivity contribution in [1.82, 2.24) is 20.2 Å². The molecule has 3 rings (SSSR count). The second-order valence-electron chi connectivity index (χ2n) is 5.49. The molecular weight excluding hydrogens is 356 g/mol. The summed E-state index contributed by atoms with van der Waals surface area (Å²) in [4.78, 5) is 19.0. The van der Waals surface area contributed by atoms with Crippen molar-refractivity contribution in [3.05, 3.63) is 48.3 Å². The minimum Gasteiger partial charge on any atom is -0.326 e. The van der Waals surface area contributed by atoms with Crippen LogP contribution in [0, 0.1) is 6.92 Å². The third-order valence-corrected chi connectivity index (χ3v) is 4.89. The van der Waals surface area contributed by atoms with Crippen molar-refractivity contribution < 1.29 is 13.2 Å². The summed E-state index contributed by atoms with van der Waals surface area (Å²) in [7, 11) is -3.90. The van der Waals surface area contributed by atoms with Crippen molar-refractivity contribution in [2.24, 2.45) is 0 Å². The number of sulfone groups is 1. The molecule has 0 fully saturated rings. The quantitative estimate of drug-likeness (QED) is 0.584. The summed E-state index contributed by atoms with van der Waals surface area (Å²) in [5, 5.41) is 11.9. The maximum absolute atomic E-state index is 12.7. The highest BCUT2D eigenvalue weighted by Crippen LogP contribution is 2.21. The molecule has 2 aromatic heterocycles. The molecule has 0 unspecified atom stereocenters. The molecule has 9 nitrogen and oxygen atoms in total. The largest absolute Gasteiger partial charge is 0.326 e. The van der Waals surface area contributed by atoms with Gasteiger partial charge < -0.3 is 10.6 Å². The van der Waals surface area contributed by atoms with Crippen LogP contribution in [0.3, 0.4) is 0 Å². The predicted octanol–water partition coefficient (Wildman–Crippen LogP) is 2.04. The van der Waals surface area contributed by atoms with E-state index in [0.29, 0.717) is 17.3 Å². The molecule has 0 saturated heterocycles. The van der Waals surface area contributed by atoms with Crippen LogP contribution in [0.4, 0.5) is 17.3 Å². The molecule has 10 heteroatoms. The normalized spacial score (nSPS) is 11.2. The van der Waals surface area contributed by atoms with E-state index in [-0.39, 0.29) is 16.0 Å². The number of anilines is 3. The zero-order valence-corrected chi connectivity index (χ0v) is 14.8. The summed E-state index contributed by atoms with van der Waals surface area (Å²) in [5.74, 6) is 0.584. The number of carbonyl (C=O) groups is 1. The fourth-order valence-corrected chi connectivity index (χ4v) is 3.30. The molecule has 2 heterocycles. The molecular formula is C16H16N6O3S. The van der Waals surface area contributed by atoms with Crippen molar-refractivity contribution >= 4 is 33.1 Å². The Bertz CT molecular complexity index is 1040. The Morgan fingerprint density at radius 1 is 1.12 bits per heavy atom. The third kappa shape index (κ3) is 3.86. The highest BCUT2D eigenvalue weighted by Gasteiger charge is 2.21. The number of amides is 1. The van der Waals surface area contributed by atoms with Gasteiger partial charge in [-0.05, 0) is 37.3 Å². The summed E-state index contributed by atoms with van der Waals surface area (Å²) < 4.78 is 25.4. The lowest BCUT2D eigenvalue weighted by Gasteiger charge is -2.07. The molecule has 0 aliphatic heterocycles. The Morgan fingerprint density at radius 3 is 2.46 bits per heavy atom. The van der Waals surface area contributed by atoms with Crippen LogP contribution >= 0.6 is 0 Å². The van der Waals surface area contributed by atoms with Gasteiger partial charge in [-0.3, -0.25) is 9.89 Å². The molecule has 1 aromatic carbocycles. The fraction of sp³-hybridized carbons (Fsp3) is 0.125. The first kappa shape index (κ1) is 17.5. The molecule has 3 N–H and O–H groups in total. The van der Waals surface area contributed by atoms with E-state index in [4.69, 9.17) is 0 Å². The number of carbonyl (C=O) groups excluding carboxylic acids is 1. The van der Waals surface area contributed by atoms with Gasteiger partial charge in [0, 0.05) is 30.6 Å². The molecule has 0 aliphatic rings. The Balaban J connectivity index is 1.87. The third-order valence-electron chi connectivity index (χ3n) is 3.32. The first-order valence-electron chi connectivity index (χ1n) is 7.59. The predicted molar refractivity (Wildman–Crippen MR) is 94.8 cm³/mol. The lowest BCUT2D eigenvalue weighted by molar-refractivity contribution is -0.114. The van der Waals surface area contributed by atoms with Gasteiger partial charge >= 0.3 is 0 Å². The lowest BCUT2D eigenvalue weighted by atomic mass is 10.3. The number of H-pyrrole nitrogens is 1. The number of aryl methyl sites for hydroxylation is 1. The van der Waals surface area contributed by atoms with E-state index in [1.165, 1.54) is 37.4 Å². The van der Waals surface area contributed by atoms with E-state index in [1.807, 2.05) is 6.92 Å². The first-order chi connectivity index (χ1) is 12.3. The number of nitrogens with one attached hydrogen (secondary N) is 3. The molecule has 0 aliphatic carbocycles. The average molecular weight is 372 g/mol. The van der Waals surface area contributed by atoms with E-state index in [1.54, 1.807) is 12.1 Å². The van der Waals surface area contributed by atoms with Crippen molar-refractivity contribution in [3.8, 4) is 0 Å². The summed E-state index contributed by atoms with van der Waals surface area (Å²) in [5.41, 5.74) is 1.36. The maximum atomic E-state index is 12.7. The second-order valence-corrected chi connectivity index (χ2v) is 7.34. The molecule has 0 radical (unpaired) electrons. The van der Waals surface area contributed by atoms with Crippen molar-refractivity contribution in [3.63, 3.8) is 0 Å². The zero-order chi connectivity index (χ0) is 18.7.